The van der Waals surface area contributed by atoms with Crippen LogP contribution in [0.2, 0.25) is 0 Å². The smallest absolute Gasteiger partial charge is 0.181 e. The molecular formula is C15H22O2S. The van der Waals surface area contributed by atoms with Crippen LogP contribution in [-0.2, 0) is 9.84 Å². The summed E-state index contributed by atoms with van der Waals surface area (Å²) in [5, 5.41) is -0.176. The van der Waals surface area contributed by atoms with Crippen molar-refractivity contribution in [1.82, 2.24) is 0 Å². The summed E-state index contributed by atoms with van der Waals surface area (Å²) in [5.74, 6) is 0.670. The average Bonchev–Trinajstić information content (AvgIpc) is 2.55. The van der Waals surface area contributed by atoms with Gasteiger partial charge in [0.05, 0.1) is 10.1 Å². The SMILES string of the molecule is Cc1ccc(S(=O)(=O)C2CCC[C@@H](C)CC2)cc1. The molecule has 0 heterocycles. The molecule has 2 rings (SSSR count). The van der Waals surface area contributed by atoms with Gasteiger partial charge in [-0.25, -0.2) is 8.42 Å². The van der Waals surface area contributed by atoms with Crippen LogP contribution in [0.4, 0.5) is 0 Å². The molecule has 0 amide bonds. The van der Waals surface area contributed by atoms with Crippen molar-refractivity contribution in [2.75, 3.05) is 0 Å². The van der Waals surface area contributed by atoms with E-state index in [0.29, 0.717) is 10.8 Å². The van der Waals surface area contributed by atoms with Gasteiger partial charge in [0.1, 0.15) is 0 Å². The van der Waals surface area contributed by atoms with Gasteiger partial charge in [0, 0.05) is 0 Å². The molecule has 18 heavy (non-hydrogen) atoms. The summed E-state index contributed by atoms with van der Waals surface area (Å²) < 4.78 is 25.1. The molecule has 0 spiro atoms. The van der Waals surface area contributed by atoms with E-state index in [0.717, 1.165) is 31.2 Å². The van der Waals surface area contributed by atoms with Crippen LogP contribution in [0.25, 0.3) is 0 Å². The van der Waals surface area contributed by atoms with Gasteiger partial charge in [-0.3, -0.25) is 0 Å². The Kier molecular flexibility index (Phi) is 4.10. The van der Waals surface area contributed by atoms with Crippen molar-refractivity contribution < 1.29 is 8.42 Å². The number of sulfone groups is 1. The van der Waals surface area contributed by atoms with Crippen molar-refractivity contribution in [3.8, 4) is 0 Å². The van der Waals surface area contributed by atoms with Gasteiger partial charge in [-0.15, -0.1) is 0 Å². The van der Waals surface area contributed by atoms with Crippen LogP contribution in [0.3, 0.4) is 0 Å². The molecule has 0 aromatic heterocycles. The molecule has 1 aromatic carbocycles. The Morgan fingerprint density at radius 1 is 1.00 bits per heavy atom. The molecule has 1 aliphatic carbocycles. The van der Waals surface area contributed by atoms with Crippen LogP contribution in [0.5, 0.6) is 0 Å². The predicted octanol–water partition coefficient (Wildman–Crippen LogP) is 3.74. The van der Waals surface area contributed by atoms with Gasteiger partial charge >= 0.3 is 0 Å². The number of hydrogen-bond donors (Lipinski definition) is 0. The molecule has 1 aromatic rings. The molecule has 1 fully saturated rings. The van der Waals surface area contributed by atoms with Gasteiger partial charge in [-0.1, -0.05) is 37.5 Å². The zero-order chi connectivity index (χ0) is 13.2. The van der Waals surface area contributed by atoms with Crippen LogP contribution in [0, 0.1) is 12.8 Å². The molecule has 0 saturated heterocycles. The highest BCUT2D eigenvalue weighted by Crippen LogP contribution is 2.30. The van der Waals surface area contributed by atoms with Gasteiger partial charge in [0.2, 0.25) is 0 Å². The van der Waals surface area contributed by atoms with Gasteiger partial charge in [-0.2, -0.15) is 0 Å². The first kappa shape index (κ1) is 13.6. The first-order chi connectivity index (χ1) is 8.50. The maximum Gasteiger partial charge on any atom is 0.181 e. The number of hydrogen-bond acceptors (Lipinski definition) is 2. The maximum absolute atomic E-state index is 12.6. The predicted molar refractivity (Wildman–Crippen MR) is 74.4 cm³/mol. The Balaban J connectivity index is 2.22. The van der Waals surface area contributed by atoms with Gasteiger partial charge < -0.3 is 0 Å². The van der Waals surface area contributed by atoms with Crippen molar-refractivity contribution in [2.45, 2.75) is 56.1 Å². The quantitative estimate of drug-likeness (QED) is 0.764. The second-order valence-electron chi connectivity index (χ2n) is 5.59. The average molecular weight is 266 g/mol. The van der Waals surface area contributed by atoms with Crippen molar-refractivity contribution in [1.29, 1.82) is 0 Å². The molecule has 2 atom stereocenters. The summed E-state index contributed by atoms with van der Waals surface area (Å²) in [6.45, 7) is 4.20. The minimum absolute atomic E-state index is 0.176. The standard InChI is InChI=1S/C15H22O2S/c1-12-4-3-5-14(9-6-12)18(16,17)15-10-7-13(2)8-11-15/h7-8,10-12,14H,3-6,9H2,1-2H3/t12-,14?/m1/s1. The fourth-order valence-electron chi connectivity index (χ4n) is 2.68. The normalized spacial score (nSPS) is 25.7. The lowest BCUT2D eigenvalue weighted by Crippen LogP contribution is -2.20. The Hall–Kier alpha value is -0.830. The van der Waals surface area contributed by atoms with E-state index in [1.807, 2.05) is 19.1 Å². The fourth-order valence-corrected chi connectivity index (χ4v) is 4.51. The monoisotopic (exact) mass is 266 g/mol. The summed E-state index contributed by atoms with van der Waals surface area (Å²) in [4.78, 5) is 0.493. The Bertz CT molecular complexity index is 488. The molecule has 3 heteroatoms. The van der Waals surface area contributed by atoms with Gasteiger partial charge in [0.25, 0.3) is 0 Å². The van der Waals surface area contributed by atoms with E-state index in [1.54, 1.807) is 12.1 Å². The molecule has 1 aliphatic rings. The fraction of sp³-hybridized carbons (Fsp3) is 0.600. The Labute approximate surface area is 110 Å². The lowest BCUT2D eigenvalue weighted by atomic mass is 10.0. The highest BCUT2D eigenvalue weighted by molar-refractivity contribution is 7.92. The Morgan fingerprint density at radius 2 is 1.67 bits per heavy atom. The van der Waals surface area contributed by atoms with Crippen LogP contribution in [0.1, 0.15) is 44.6 Å². The molecule has 2 nitrogen and oxygen atoms in total. The van der Waals surface area contributed by atoms with E-state index in [4.69, 9.17) is 0 Å². The summed E-state index contributed by atoms with van der Waals surface area (Å²) >= 11 is 0. The third-order valence-corrected chi connectivity index (χ3v) is 6.27. The second-order valence-corrected chi connectivity index (χ2v) is 7.82. The van der Waals surface area contributed by atoms with E-state index in [2.05, 4.69) is 6.92 Å². The lowest BCUT2D eigenvalue weighted by molar-refractivity contribution is 0.503. The topological polar surface area (TPSA) is 34.1 Å². The molecule has 0 aliphatic heterocycles. The van der Waals surface area contributed by atoms with E-state index in [9.17, 15) is 8.42 Å². The second kappa shape index (κ2) is 5.43. The molecule has 1 unspecified atom stereocenters. The van der Waals surface area contributed by atoms with Crippen molar-refractivity contribution >= 4 is 9.84 Å². The number of rotatable bonds is 2. The van der Waals surface area contributed by atoms with Crippen molar-refractivity contribution in [3.05, 3.63) is 29.8 Å². The highest BCUT2D eigenvalue weighted by Gasteiger charge is 2.29. The van der Waals surface area contributed by atoms with E-state index in [-0.39, 0.29) is 5.25 Å². The third-order valence-electron chi connectivity index (χ3n) is 3.99. The minimum atomic E-state index is -3.13. The zero-order valence-electron chi connectivity index (χ0n) is 11.2. The minimum Gasteiger partial charge on any atom is -0.223 e. The summed E-state index contributed by atoms with van der Waals surface area (Å²) in [5.41, 5.74) is 1.10. The largest absolute Gasteiger partial charge is 0.223 e. The van der Waals surface area contributed by atoms with E-state index >= 15 is 0 Å². The van der Waals surface area contributed by atoms with Crippen molar-refractivity contribution in [3.63, 3.8) is 0 Å². The molecule has 1 saturated carbocycles. The van der Waals surface area contributed by atoms with E-state index < -0.39 is 9.84 Å². The van der Waals surface area contributed by atoms with Crippen LogP contribution in [-0.4, -0.2) is 13.7 Å². The summed E-state index contributed by atoms with van der Waals surface area (Å²) in [6, 6.07) is 7.26. The number of benzene rings is 1. The molecular weight excluding hydrogens is 244 g/mol. The summed E-state index contributed by atoms with van der Waals surface area (Å²) in [6.07, 6.45) is 4.88. The molecule has 0 radical (unpaired) electrons. The third kappa shape index (κ3) is 2.94. The molecule has 100 valence electrons. The van der Waals surface area contributed by atoms with Gasteiger partial charge in [-0.05, 0) is 44.2 Å². The van der Waals surface area contributed by atoms with Crippen LogP contribution < -0.4 is 0 Å². The highest BCUT2D eigenvalue weighted by atomic mass is 32.2. The zero-order valence-corrected chi connectivity index (χ0v) is 12.0. The number of aryl methyl sites for hydroxylation is 1. The van der Waals surface area contributed by atoms with Crippen molar-refractivity contribution in [2.24, 2.45) is 5.92 Å². The lowest BCUT2D eigenvalue weighted by Gasteiger charge is -2.15. The van der Waals surface area contributed by atoms with Crippen LogP contribution in [0.15, 0.2) is 29.2 Å². The first-order valence-corrected chi connectivity index (χ1v) is 8.35. The molecule has 0 N–H and O–H groups in total. The van der Waals surface area contributed by atoms with Gasteiger partial charge in [0.15, 0.2) is 9.84 Å². The first-order valence-electron chi connectivity index (χ1n) is 6.80. The van der Waals surface area contributed by atoms with Crippen LogP contribution >= 0.6 is 0 Å². The maximum atomic E-state index is 12.6. The summed E-state index contributed by atoms with van der Waals surface area (Å²) in [7, 11) is -3.13. The molecule has 0 bridgehead atoms. The van der Waals surface area contributed by atoms with E-state index in [1.165, 1.54) is 6.42 Å². The Morgan fingerprint density at radius 3 is 2.33 bits per heavy atom.